The number of nitrogens with zero attached hydrogens (tertiary/aromatic N) is 4. The van der Waals surface area contributed by atoms with Gasteiger partial charge in [0.1, 0.15) is 5.82 Å². The molecule has 0 radical (unpaired) electrons. The van der Waals surface area contributed by atoms with Crippen LogP contribution in [0.1, 0.15) is 62.6 Å². The van der Waals surface area contributed by atoms with Crippen LogP contribution in [0.15, 0.2) is 0 Å². The maximum atomic E-state index is 5.07. The van der Waals surface area contributed by atoms with E-state index in [1.807, 2.05) is 0 Å². The van der Waals surface area contributed by atoms with Crippen molar-refractivity contribution in [3.63, 3.8) is 0 Å². The van der Waals surface area contributed by atoms with Crippen LogP contribution in [0.5, 0.6) is 0 Å². The molecule has 1 aromatic rings. The lowest BCUT2D eigenvalue weighted by Gasteiger charge is -2.26. The van der Waals surface area contributed by atoms with Gasteiger partial charge in [0.25, 0.3) is 0 Å². The smallest absolute Gasteiger partial charge is 0.225 e. The molecule has 0 saturated carbocycles. The molecule has 1 unspecified atom stereocenters. The van der Waals surface area contributed by atoms with Gasteiger partial charge in [-0.05, 0) is 58.5 Å². The number of likely N-dealkylation sites (tertiary alicyclic amines) is 1. The molecular weight excluding hydrogens is 310 g/mol. The molecule has 2 aliphatic heterocycles. The van der Waals surface area contributed by atoms with Crippen molar-refractivity contribution in [3.05, 3.63) is 11.3 Å². The highest BCUT2D eigenvalue weighted by atomic mass is 15.3. The maximum Gasteiger partial charge on any atom is 0.225 e. The van der Waals surface area contributed by atoms with Crippen LogP contribution in [0.3, 0.4) is 0 Å². The Morgan fingerprint density at radius 2 is 1.64 bits per heavy atom. The quantitative estimate of drug-likeness (QED) is 0.854. The van der Waals surface area contributed by atoms with Crippen LogP contribution >= 0.6 is 0 Å². The average molecular weight is 344 g/mol. The number of likely N-dealkylation sites (N-methyl/N-ethyl adjacent to an activating group) is 1. The van der Waals surface area contributed by atoms with Crippen LogP contribution in [0.4, 0.5) is 11.8 Å². The second-order valence-electron chi connectivity index (χ2n) is 8.15. The van der Waals surface area contributed by atoms with Crippen molar-refractivity contribution in [1.82, 2.24) is 14.9 Å². The number of nitrogens with one attached hydrogen (secondary N) is 1. The molecule has 138 valence electrons. The van der Waals surface area contributed by atoms with Gasteiger partial charge in [-0.3, -0.25) is 0 Å². The summed E-state index contributed by atoms with van der Waals surface area (Å²) in [5.74, 6) is 2.13. The second-order valence-corrected chi connectivity index (χ2v) is 8.15. The first-order chi connectivity index (χ1) is 12.3. The van der Waals surface area contributed by atoms with Crippen molar-refractivity contribution in [2.24, 2.45) is 0 Å². The van der Waals surface area contributed by atoms with E-state index in [1.165, 1.54) is 75.0 Å². The Hall–Kier alpha value is -1.36. The summed E-state index contributed by atoms with van der Waals surface area (Å²) in [6.07, 6.45) is 12.7. The molecule has 1 aromatic heterocycles. The summed E-state index contributed by atoms with van der Waals surface area (Å²) in [4.78, 5) is 15.0. The van der Waals surface area contributed by atoms with Crippen molar-refractivity contribution < 1.29 is 0 Å². The summed E-state index contributed by atoms with van der Waals surface area (Å²) in [6, 6.07) is 0.491. The zero-order valence-corrected chi connectivity index (χ0v) is 15.8. The van der Waals surface area contributed by atoms with Gasteiger partial charge in [0.05, 0.1) is 5.69 Å². The van der Waals surface area contributed by atoms with Crippen LogP contribution in [-0.2, 0) is 12.8 Å². The lowest BCUT2D eigenvalue weighted by Crippen LogP contribution is -2.29. The SMILES string of the molecule is CN1CCC(Nc2nc3c(c(N4CCCCCC4)n2)CCCCC3)C1. The zero-order chi connectivity index (χ0) is 17.1. The molecule has 1 N–H and O–H groups in total. The van der Waals surface area contributed by atoms with Crippen LogP contribution in [-0.4, -0.2) is 54.1 Å². The van der Waals surface area contributed by atoms with Gasteiger partial charge in [-0.15, -0.1) is 0 Å². The van der Waals surface area contributed by atoms with Crippen molar-refractivity contribution in [1.29, 1.82) is 0 Å². The first kappa shape index (κ1) is 17.1. The molecule has 2 saturated heterocycles. The monoisotopic (exact) mass is 343 g/mol. The Morgan fingerprint density at radius 1 is 0.880 bits per heavy atom. The fourth-order valence-corrected chi connectivity index (χ4v) is 4.60. The van der Waals surface area contributed by atoms with E-state index in [1.54, 1.807) is 0 Å². The third-order valence-electron chi connectivity index (χ3n) is 6.04. The average Bonchev–Trinajstić information content (AvgIpc) is 2.85. The van der Waals surface area contributed by atoms with E-state index >= 15 is 0 Å². The van der Waals surface area contributed by atoms with E-state index in [0.717, 1.165) is 38.4 Å². The summed E-state index contributed by atoms with van der Waals surface area (Å²) in [5.41, 5.74) is 2.77. The van der Waals surface area contributed by atoms with Crippen molar-refractivity contribution in [2.75, 3.05) is 43.4 Å². The maximum absolute atomic E-state index is 5.07. The second kappa shape index (κ2) is 7.90. The van der Waals surface area contributed by atoms with E-state index in [-0.39, 0.29) is 0 Å². The van der Waals surface area contributed by atoms with Crippen LogP contribution in [0, 0.1) is 0 Å². The number of anilines is 2. The summed E-state index contributed by atoms with van der Waals surface area (Å²) >= 11 is 0. The van der Waals surface area contributed by atoms with Gasteiger partial charge in [-0.1, -0.05) is 19.3 Å². The third-order valence-corrected chi connectivity index (χ3v) is 6.04. The molecule has 5 nitrogen and oxygen atoms in total. The lowest BCUT2D eigenvalue weighted by atomic mass is 10.1. The first-order valence-electron chi connectivity index (χ1n) is 10.4. The Morgan fingerprint density at radius 3 is 2.40 bits per heavy atom. The third kappa shape index (κ3) is 4.08. The molecule has 5 heteroatoms. The van der Waals surface area contributed by atoms with Crippen LogP contribution in [0.25, 0.3) is 0 Å². The van der Waals surface area contributed by atoms with Crippen LogP contribution in [0.2, 0.25) is 0 Å². The van der Waals surface area contributed by atoms with Crippen molar-refractivity contribution >= 4 is 11.8 Å². The van der Waals surface area contributed by atoms with Crippen molar-refractivity contribution in [3.8, 4) is 0 Å². The lowest BCUT2D eigenvalue weighted by molar-refractivity contribution is 0.414. The Labute approximate surface area is 152 Å². The van der Waals surface area contributed by atoms with Gasteiger partial charge in [-0.25, -0.2) is 4.98 Å². The van der Waals surface area contributed by atoms with E-state index in [0.29, 0.717) is 6.04 Å². The normalized spacial score (nSPS) is 25.3. The number of fused-ring (bicyclic) bond motifs is 1. The number of hydrogen-bond acceptors (Lipinski definition) is 5. The minimum atomic E-state index is 0.491. The molecule has 0 bridgehead atoms. The van der Waals surface area contributed by atoms with E-state index in [9.17, 15) is 0 Å². The fourth-order valence-electron chi connectivity index (χ4n) is 4.60. The molecular formula is C20H33N5. The summed E-state index contributed by atoms with van der Waals surface area (Å²) in [7, 11) is 2.20. The van der Waals surface area contributed by atoms with E-state index < -0.39 is 0 Å². The fraction of sp³-hybridized carbons (Fsp3) is 0.800. The number of aryl methyl sites for hydroxylation is 1. The van der Waals surface area contributed by atoms with Crippen molar-refractivity contribution in [2.45, 2.75) is 70.3 Å². The Kier molecular flexibility index (Phi) is 5.39. The van der Waals surface area contributed by atoms with Gasteiger partial charge >= 0.3 is 0 Å². The van der Waals surface area contributed by atoms with Gasteiger partial charge in [0, 0.05) is 31.2 Å². The highest BCUT2D eigenvalue weighted by molar-refractivity contribution is 5.53. The first-order valence-corrected chi connectivity index (χ1v) is 10.4. The number of hydrogen-bond donors (Lipinski definition) is 1. The predicted molar refractivity (Wildman–Crippen MR) is 103 cm³/mol. The summed E-state index contributed by atoms with van der Waals surface area (Å²) in [5, 5.41) is 3.65. The van der Waals surface area contributed by atoms with E-state index in [2.05, 4.69) is 22.2 Å². The van der Waals surface area contributed by atoms with Gasteiger partial charge in [-0.2, -0.15) is 4.98 Å². The molecule has 4 rings (SSSR count). The molecule has 0 amide bonds. The van der Waals surface area contributed by atoms with Gasteiger partial charge < -0.3 is 15.1 Å². The zero-order valence-electron chi connectivity index (χ0n) is 15.8. The summed E-state index contributed by atoms with van der Waals surface area (Å²) in [6.45, 7) is 4.59. The molecule has 3 heterocycles. The predicted octanol–water partition coefficient (Wildman–Crippen LogP) is 3.24. The molecule has 1 atom stereocenters. The van der Waals surface area contributed by atoms with Crippen LogP contribution < -0.4 is 10.2 Å². The minimum absolute atomic E-state index is 0.491. The molecule has 0 aromatic carbocycles. The largest absolute Gasteiger partial charge is 0.356 e. The Balaban J connectivity index is 1.63. The standard InChI is InChI=1S/C20H33N5/c1-24-14-11-16(15-24)21-20-22-18-10-6-4-5-9-17(18)19(23-20)25-12-7-2-3-8-13-25/h16H,2-15H2,1H3,(H,21,22,23). The highest BCUT2D eigenvalue weighted by Crippen LogP contribution is 2.30. The van der Waals surface area contributed by atoms with E-state index in [4.69, 9.17) is 9.97 Å². The highest BCUT2D eigenvalue weighted by Gasteiger charge is 2.24. The molecule has 3 aliphatic rings. The minimum Gasteiger partial charge on any atom is -0.356 e. The molecule has 0 spiro atoms. The van der Waals surface area contributed by atoms with Gasteiger partial charge in [0.2, 0.25) is 5.95 Å². The number of aromatic nitrogens is 2. The topological polar surface area (TPSA) is 44.3 Å². The van der Waals surface area contributed by atoms with Gasteiger partial charge in [0.15, 0.2) is 0 Å². The number of rotatable bonds is 3. The Bertz CT molecular complexity index is 580. The molecule has 1 aliphatic carbocycles. The molecule has 2 fully saturated rings. The summed E-state index contributed by atoms with van der Waals surface area (Å²) < 4.78 is 0. The molecule has 25 heavy (non-hydrogen) atoms.